The summed E-state index contributed by atoms with van der Waals surface area (Å²) >= 11 is 0. The molecular formula is C32H31N3O3. The summed E-state index contributed by atoms with van der Waals surface area (Å²) in [7, 11) is 0. The van der Waals surface area contributed by atoms with Gasteiger partial charge in [0.05, 0.1) is 6.04 Å². The number of nitrogens with one attached hydrogen (secondary N) is 3. The molecule has 0 bridgehead atoms. The van der Waals surface area contributed by atoms with E-state index in [2.05, 4.69) is 40.2 Å². The van der Waals surface area contributed by atoms with E-state index in [9.17, 15) is 9.59 Å². The van der Waals surface area contributed by atoms with E-state index in [1.807, 2.05) is 91.9 Å². The predicted octanol–water partition coefficient (Wildman–Crippen LogP) is 6.15. The molecule has 0 heterocycles. The monoisotopic (exact) mass is 505 g/mol. The van der Waals surface area contributed by atoms with Crippen LogP contribution in [0.1, 0.15) is 41.1 Å². The van der Waals surface area contributed by atoms with Crippen LogP contribution >= 0.6 is 0 Å². The van der Waals surface area contributed by atoms with Gasteiger partial charge in [0.25, 0.3) is 0 Å². The Labute approximate surface area is 223 Å². The molecule has 5 rings (SSSR count). The zero-order valence-corrected chi connectivity index (χ0v) is 21.3. The molecule has 0 unspecified atom stereocenters. The minimum absolute atomic E-state index is 0.0382. The lowest BCUT2D eigenvalue weighted by molar-refractivity contribution is 0.137. The molecule has 3 N–H and O–H groups in total. The molecule has 1 aliphatic carbocycles. The Balaban J connectivity index is 1.24. The second kappa shape index (κ2) is 11.6. The number of rotatable bonds is 8. The van der Waals surface area contributed by atoms with Crippen molar-refractivity contribution in [2.45, 2.75) is 31.5 Å². The molecule has 4 aromatic rings. The molecule has 6 nitrogen and oxygen atoms in total. The van der Waals surface area contributed by atoms with Crippen molar-refractivity contribution in [2.24, 2.45) is 0 Å². The summed E-state index contributed by atoms with van der Waals surface area (Å²) < 4.78 is 5.72. The highest BCUT2D eigenvalue weighted by molar-refractivity contribution is 5.79. The maximum atomic E-state index is 12.9. The van der Waals surface area contributed by atoms with Crippen molar-refractivity contribution in [3.8, 4) is 11.1 Å². The van der Waals surface area contributed by atoms with Gasteiger partial charge < -0.3 is 20.7 Å². The zero-order chi connectivity index (χ0) is 26.3. The molecule has 0 aliphatic heterocycles. The van der Waals surface area contributed by atoms with Gasteiger partial charge >= 0.3 is 12.1 Å². The van der Waals surface area contributed by atoms with Gasteiger partial charge in [-0.25, -0.2) is 9.59 Å². The van der Waals surface area contributed by atoms with Crippen LogP contribution in [0.2, 0.25) is 0 Å². The fourth-order valence-corrected chi connectivity index (χ4v) is 4.99. The van der Waals surface area contributed by atoms with E-state index in [1.54, 1.807) is 0 Å². The summed E-state index contributed by atoms with van der Waals surface area (Å²) in [5.74, 6) is -0.0382. The average molecular weight is 506 g/mol. The van der Waals surface area contributed by atoms with Gasteiger partial charge in [0.1, 0.15) is 12.8 Å². The smallest absolute Gasteiger partial charge is 0.408 e. The summed E-state index contributed by atoms with van der Waals surface area (Å²) in [6.45, 7) is 2.12. The lowest BCUT2D eigenvalue weighted by atomic mass is 9.98. The Morgan fingerprint density at radius 1 is 0.711 bits per heavy atom. The Morgan fingerprint density at radius 2 is 1.26 bits per heavy atom. The minimum atomic E-state index is -0.656. The van der Waals surface area contributed by atoms with Gasteiger partial charge in [-0.3, -0.25) is 0 Å². The van der Waals surface area contributed by atoms with Crippen LogP contribution in [-0.4, -0.2) is 24.9 Å². The number of amides is 3. The van der Waals surface area contributed by atoms with Crippen LogP contribution in [-0.2, 0) is 11.2 Å². The highest BCUT2D eigenvalue weighted by atomic mass is 16.5. The number of fused-ring (bicyclic) bond motifs is 3. The first-order valence-electron chi connectivity index (χ1n) is 12.9. The highest BCUT2D eigenvalue weighted by Gasteiger charge is 2.29. The molecule has 0 radical (unpaired) electrons. The van der Waals surface area contributed by atoms with E-state index in [0.29, 0.717) is 6.42 Å². The number of hydrogen-bond acceptors (Lipinski definition) is 3. The number of hydrogen-bond donors (Lipinski definition) is 3. The topological polar surface area (TPSA) is 79.5 Å². The number of carbonyl (C=O) groups excluding carboxylic acids is 2. The number of carbonyl (C=O) groups is 2. The third kappa shape index (κ3) is 5.86. The maximum absolute atomic E-state index is 12.9. The summed E-state index contributed by atoms with van der Waals surface area (Å²) in [6.07, 6.45) is -0.821. The second-order valence-corrected chi connectivity index (χ2v) is 9.46. The van der Waals surface area contributed by atoms with Gasteiger partial charge in [0, 0.05) is 12.3 Å². The SMILES string of the molecule is C[C@H](NC(=O)N[C@H](Cc1ccccc1)NC(=O)OCC1c2ccccc2-c2ccccc21)c1ccccc1. The van der Waals surface area contributed by atoms with Crippen molar-refractivity contribution in [1.29, 1.82) is 0 Å². The van der Waals surface area contributed by atoms with Crippen molar-refractivity contribution < 1.29 is 14.3 Å². The first-order chi connectivity index (χ1) is 18.6. The molecule has 192 valence electrons. The lowest BCUT2D eigenvalue weighted by Gasteiger charge is -2.23. The minimum Gasteiger partial charge on any atom is -0.449 e. The van der Waals surface area contributed by atoms with E-state index in [0.717, 1.165) is 22.3 Å². The van der Waals surface area contributed by atoms with Crippen LogP contribution in [0.15, 0.2) is 109 Å². The molecule has 1 aliphatic rings. The van der Waals surface area contributed by atoms with Crippen molar-refractivity contribution >= 4 is 12.1 Å². The van der Waals surface area contributed by atoms with Crippen molar-refractivity contribution in [3.63, 3.8) is 0 Å². The summed E-state index contributed by atoms with van der Waals surface area (Å²) in [5, 5.41) is 8.68. The van der Waals surface area contributed by atoms with Crippen LogP contribution in [0, 0.1) is 0 Å². The third-order valence-corrected chi connectivity index (χ3v) is 6.87. The molecule has 0 saturated heterocycles. The van der Waals surface area contributed by atoms with Crippen molar-refractivity contribution in [3.05, 3.63) is 131 Å². The number of alkyl carbamates (subject to hydrolysis) is 1. The van der Waals surface area contributed by atoms with Gasteiger partial charge in [0.2, 0.25) is 0 Å². The third-order valence-electron chi connectivity index (χ3n) is 6.87. The van der Waals surface area contributed by atoms with Crippen LogP contribution in [0.25, 0.3) is 11.1 Å². The van der Waals surface area contributed by atoms with Gasteiger partial charge in [-0.2, -0.15) is 0 Å². The molecule has 0 saturated carbocycles. The van der Waals surface area contributed by atoms with Crippen molar-refractivity contribution in [2.75, 3.05) is 6.61 Å². The summed E-state index contributed by atoms with van der Waals surface area (Å²) in [6, 6.07) is 35.3. The van der Waals surface area contributed by atoms with Crippen LogP contribution in [0.5, 0.6) is 0 Å². The molecule has 4 aromatic carbocycles. The largest absolute Gasteiger partial charge is 0.449 e. The fourth-order valence-electron chi connectivity index (χ4n) is 4.99. The van der Waals surface area contributed by atoms with Gasteiger partial charge in [-0.05, 0) is 40.3 Å². The molecule has 2 atom stereocenters. The average Bonchev–Trinajstić information content (AvgIpc) is 3.26. The summed E-state index contributed by atoms with van der Waals surface area (Å²) in [5.41, 5.74) is 6.61. The quantitative estimate of drug-likeness (QED) is 0.251. The predicted molar refractivity (Wildman–Crippen MR) is 149 cm³/mol. The van der Waals surface area contributed by atoms with E-state index >= 15 is 0 Å². The zero-order valence-electron chi connectivity index (χ0n) is 21.3. The number of urea groups is 1. The van der Waals surface area contributed by atoms with E-state index in [4.69, 9.17) is 4.74 Å². The van der Waals surface area contributed by atoms with Gasteiger partial charge in [0.15, 0.2) is 0 Å². The van der Waals surface area contributed by atoms with E-state index < -0.39 is 12.3 Å². The molecule has 38 heavy (non-hydrogen) atoms. The normalized spacial score (nSPS) is 13.5. The number of ether oxygens (including phenoxy) is 1. The fraction of sp³-hybridized carbons (Fsp3) is 0.188. The first-order valence-corrected chi connectivity index (χ1v) is 12.9. The second-order valence-electron chi connectivity index (χ2n) is 9.46. The lowest BCUT2D eigenvalue weighted by Crippen LogP contribution is -2.52. The highest BCUT2D eigenvalue weighted by Crippen LogP contribution is 2.44. The van der Waals surface area contributed by atoms with Gasteiger partial charge in [-0.1, -0.05) is 109 Å². The molecule has 0 spiro atoms. The summed E-state index contributed by atoms with van der Waals surface area (Å²) in [4.78, 5) is 25.8. The molecular weight excluding hydrogens is 474 g/mol. The van der Waals surface area contributed by atoms with Crippen molar-refractivity contribution in [1.82, 2.24) is 16.0 Å². The number of benzene rings is 4. The Hall–Kier alpha value is -4.58. The first kappa shape index (κ1) is 25.1. The maximum Gasteiger partial charge on any atom is 0.408 e. The molecule has 0 aromatic heterocycles. The van der Waals surface area contributed by atoms with Crippen LogP contribution in [0.3, 0.4) is 0 Å². The Bertz CT molecular complexity index is 1350. The Morgan fingerprint density at radius 3 is 1.89 bits per heavy atom. The van der Waals surface area contributed by atoms with Crippen LogP contribution in [0.4, 0.5) is 9.59 Å². The van der Waals surface area contributed by atoms with Gasteiger partial charge in [-0.15, -0.1) is 0 Å². The van der Waals surface area contributed by atoms with E-state index in [-0.39, 0.29) is 24.6 Å². The molecule has 0 fully saturated rings. The standard InChI is InChI=1S/C32H31N3O3/c1-22(24-14-6-3-7-15-24)33-31(36)34-30(20-23-12-4-2-5-13-23)35-32(37)38-21-29-27-18-10-8-16-25(27)26-17-9-11-19-28(26)29/h2-19,22,29-30H,20-21H2,1H3,(H,35,37)(H2,33,34,36)/t22-,30-/m0/s1. The molecule has 6 heteroatoms. The van der Waals surface area contributed by atoms with Crippen LogP contribution < -0.4 is 16.0 Å². The van der Waals surface area contributed by atoms with E-state index in [1.165, 1.54) is 11.1 Å². The molecule has 3 amide bonds. The Kier molecular flexibility index (Phi) is 7.69.